The van der Waals surface area contributed by atoms with Crippen LogP contribution in [0.15, 0.2) is 35.0 Å². The van der Waals surface area contributed by atoms with Crippen LogP contribution < -0.4 is 16.0 Å². The number of nitrogens with zero attached hydrogens (tertiary/aromatic N) is 2. The van der Waals surface area contributed by atoms with E-state index in [-0.39, 0.29) is 30.6 Å². The first-order valence-electron chi connectivity index (χ1n) is 12.9. The van der Waals surface area contributed by atoms with Gasteiger partial charge in [0, 0.05) is 49.6 Å². The van der Waals surface area contributed by atoms with Gasteiger partial charge in [0.25, 0.3) is 5.91 Å². The van der Waals surface area contributed by atoms with E-state index in [1.165, 1.54) is 0 Å². The number of carbonyl (C=O) groups is 4. The maximum atomic E-state index is 13.3. The van der Waals surface area contributed by atoms with Gasteiger partial charge >= 0.3 is 0 Å². The van der Waals surface area contributed by atoms with E-state index in [2.05, 4.69) is 26.1 Å². The second kappa shape index (κ2) is 11.9. The van der Waals surface area contributed by atoms with Gasteiger partial charge < -0.3 is 30.4 Å². The molecule has 1 fully saturated rings. The monoisotopic (exact) mass is 522 g/mol. The van der Waals surface area contributed by atoms with Crippen LogP contribution in [0.5, 0.6) is 0 Å². The molecule has 1 aliphatic rings. The zero-order chi connectivity index (χ0) is 27.2. The van der Waals surface area contributed by atoms with E-state index in [1.807, 2.05) is 30.5 Å². The summed E-state index contributed by atoms with van der Waals surface area (Å²) in [6.07, 6.45) is 3.18. The highest BCUT2D eigenvalue weighted by molar-refractivity contribution is 5.96. The molecule has 4 rings (SSSR count). The highest BCUT2D eigenvalue weighted by atomic mass is 16.5. The number of hydrogen-bond donors (Lipinski definition) is 4. The first-order valence-corrected chi connectivity index (χ1v) is 12.9. The maximum absolute atomic E-state index is 13.3. The van der Waals surface area contributed by atoms with Gasteiger partial charge in [-0.05, 0) is 45.2 Å². The smallest absolute Gasteiger partial charge is 0.259 e. The molecular formula is C27H34N6O5. The Morgan fingerprint density at radius 2 is 1.84 bits per heavy atom. The van der Waals surface area contributed by atoms with Crippen molar-refractivity contribution < 1.29 is 23.7 Å². The Morgan fingerprint density at radius 1 is 1.08 bits per heavy atom. The fraction of sp³-hybridized carbons (Fsp3) is 0.444. The van der Waals surface area contributed by atoms with Crippen molar-refractivity contribution in [1.29, 1.82) is 0 Å². The van der Waals surface area contributed by atoms with Gasteiger partial charge in [0.05, 0.1) is 5.69 Å². The molecule has 1 saturated heterocycles. The summed E-state index contributed by atoms with van der Waals surface area (Å²) in [5, 5.41) is 13.3. The third kappa shape index (κ3) is 6.21. The number of carbonyl (C=O) groups excluding carboxylic acids is 4. The molecule has 202 valence electrons. The summed E-state index contributed by atoms with van der Waals surface area (Å²) in [6, 6.07) is 6.08. The molecular weight excluding hydrogens is 488 g/mol. The third-order valence-corrected chi connectivity index (χ3v) is 6.77. The number of hydrogen-bond acceptors (Lipinski definition) is 6. The van der Waals surface area contributed by atoms with Crippen molar-refractivity contribution in [3.63, 3.8) is 0 Å². The van der Waals surface area contributed by atoms with Gasteiger partial charge in [-0.3, -0.25) is 19.2 Å². The number of fused-ring (bicyclic) bond motifs is 1. The largest absolute Gasteiger partial charge is 0.361 e. The van der Waals surface area contributed by atoms with Gasteiger partial charge in [-0.2, -0.15) is 0 Å². The van der Waals surface area contributed by atoms with E-state index in [4.69, 9.17) is 4.52 Å². The van der Waals surface area contributed by atoms with Gasteiger partial charge in [0.1, 0.15) is 23.4 Å². The number of benzene rings is 1. The van der Waals surface area contributed by atoms with E-state index in [0.717, 1.165) is 16.5 Å². The van der Waals surface area contributed by atoms with Gasteiger partial charge in [0.15, 0.2) is 0 Å². The zero-order valence-corrected chi connectivity index (χ0v) is 21.9. The molecule has 1 aromatic carbocycles. The molecule has 0 aliphatic carbocycles. The van der Waals surface area contributed by atoms with Crippen molar-refractivity contribution >= 4 is 34.5 Å². The predicted molar refractivity (Wildman–Crippen MR) is 140 cm³/mol. The van der Waals surface area contributed by atoms with Crippen LogP contribution in [0.25, 0.3) is 10.9 Å². The molecule has 1 aliphatic heterocycles. The average Bonchev–Trinajstić information content (AvgIpc) is 3.45. The number of para-hydroxylation sites is 1. The minimum Gasteiger partial charge on any atom is -0.361 e. The Labute approximate surface area is 220 Å². The van der Waals surface area contributed by atoms with Gasteiger partial charge in [-0.15, -0.1) is 0 Å². The van der Waals surface area contributed by atoms with E-state index in [9.17, 15) is 19.2 Å². The number of rotatable bonds is 3. The normalized spacial score (nSPS) is 20.3. The van der Waals surface area contributed by atoms with Crippen molar-refractivity contribution in [3.05, 3.63) is 53.0 Å². The fourth-order valence-electron chi connectivity index (χ4n) is 4.70. The highest BCUT2D eigenvalue weighted by Crippen LogP contribution is 2.20. The highest BCUT2D eigenvalue weighted by Gasteiger charge is 2.27. The lowest BCUT2D eigenvalue weighted by Gasteiger charge is -2.23. The van der Waals surface area contributed by atoms with Crippen LogP contribution in [-0.4, -0.2) is 70.4 Å². The summed E-state index contributed by atoms with van der Waals surface area (Å²) in [5.74, 6) is -0.860. The van der Waals surface area contributed by atoms with Crippen LogP contribution in [0.3, 0.4) is 0 Å². The Morgan fingerprint density at radius 3 is 2.61 bits per heavy atom. The summed E-state index contributed by atoms with van der Waals surface area (Å²) in [7, 11) is 0. The van der Waals surface area contributed by atoms with Crippen molar-refractivity contribution in [2.75, 3.05) is 19.6 Å². The van der Waals surface area contributed by atoms with E-state index in [1.54, 1.807) is 25.7 Å². The van der Waals surface area contributed by atoms with E-state index in [0.29, 0.717) is 49.5 Å². The minimum absolute atomic E-state index is 0.152. The van der Waals surface area contributed by atoms with Crippen LogP contribution in [0.1, 0.15) is 53.6 Å². The Hall–Kier alpha value is -4.15. The maximum Gasteiger partial charge on any atom is 0.259 e. The number of aromatic nitrogens is 2. The molecule has 38 heavy (non-hydrogen) atoms. The van der Waals surface area contributed by atoms with Crippen molar-refractivity contribution in [2.45, 2.75) is 58.5 Å². The molecule has 0 radical (unpaired) electrons. The fourth-order valence-corrected chi connectivity index (χ4v) is 4.70. The summed E-state index contributed by atoms with van der Waals surface area (Å²) < 4.78 is 5.16. The first-order chi connectivity index (χ1) is 18.2. The molecule has 2 atom stereocenters. The molecule has 0 unspecified atom stereocenters. The molecule has 3 aromatic rings. The Kier molecular flexibility index (Phi) is 8.45. The summed E-state index contributed by atoms with van der Waals surface area (Å²) in [6.45, 7) is 6.02. The van der Waals surface area contributed by atoms with Crippen LogP contribution >= 0.6 is 0 Å². The van der Waals surface area contributed by atoms with Crippen molar-refractivity contribution in [3.8, 4) is 0 Å². The van der Waals surface area contributed by atoms with Crippen LogP contribution in [0.2, 0.25) is 0 Å². The minimum atomic E-state index is -0.841. The summed E-state index contributed by atoms with van der Waals surface area (Å²) in [4.78, 5) is 56.7. The Bertz CT molecular complexity index is 1310. The molecule has 0 bridgehead atoms. The van der Waals surface area contributed by atoms with Crippen molar-refractivity contribution in [2.24, 2.45) is 0 Å². The molecule has 0 saturated carbocycles. The lowest BCUT2D eigenvalue weighted by molar-refractivity contribution is -0.131. The van der Waals surface area contributed by atoms with E-state index >= 15 is 0 Å². The number of aryl methyl sites for hydroxylation is 2. The summed E-state index contributed by atoms with van der Waals surface area (Å²) >= 11 is 0. The number of H-pyrrole nitrogens is 1. The lowest BCUT2D eigenvalue weighted by Crippen LogP contribution is -2.53. The summed E-state index contributed by atoms with van der Waals surface area (Å²) in [5.41, 5.74) is 2.76. The SMILES string of the molecule is Cc1noc(C)c1C(=O)N1CCCNC(=O)[C@@H](Cc2c[nH]c3ccccc23)NC(=O)[C@H](C)NC(=O)CCC1. The third-order valence-electron chi connectivity index (χ3n) is 6.77. The average molecular weight is 523 g/mol. The molecule has 4 amide bonds. The second-order valence-electron chi connectivity index (χ2n) is 9.65. The first kappa shape index (κ1) is 26.9. The topological polar surface area (TPSA) is 149 Å². The molecule has 3 heterocycles. The van der Waals surface area contributed by atoms with Gasteiger partial charge in [-0.1, -0.05) is 23.4 Å². The van der Waals surface area contributed by atoms with Gasteiger partial charge in [0.2, 0.25) is 17.7 Å². The Balaban J connectivity index is 1.51. The second-order valence-corrected chi connectivity index (χ2v) is 9.65. The lowest BCUT2D eigenvalue weighted by atomic mass is 10.0. The van der Waals surface area contributed by atoms with Gasteiger partial charge in [-0.25, -0.2) is 0 Å². The molecule has 2 aromatic heterocycles. The quantitative estimate of drug-likeness (QED) is 0.412. The van der Waals surface area contributed by atoms with Crippen LogP contribution in [0.4, 0.5) is 0 Å². The van der Waals surface area contributed by atoms with Crippen LogP contribution in [-0.2, 0) is 20.8 Å². The van der Waals surface area contributed by atoms with Crippen LogP contribution in [0, 0.1) is 13.8 Å². The molecule has 0 spiro atoms. The molecule has 4 N–H and O–H groups in total. The van der Waals surface area contributed by atoms with Crippen molar-refractivity contribution in [1.82, 2.24) is 31.0 Å². The molecule has 11 heteroatoms. The molecule has 11 nitrogen and oxygen atoms in total. The zero-order valence-electron chi connectivity index (χ0n) is 21.9. The number of aromatic amines is 1. The predicted octanol–water partition coefficient (Wildman–Crippen LogP) is 1.75. The standard InChI is InChI=1S/C27H34N6O5/c1-16-24(18(3)38-32-16)27(37)33-12-6-10-23(34)30-17(2)25(35)31-22(26(36)28-11-7-13-33)14-19-15-29-21-9-5-4-8-20(19)21/h4-5,8-9,15,17,22,29H,6-7,10-14H2,1-3H3,(H,28,36)(H,30,34)(H,31,35)/t17-,22+/m0/s1. The van der Waals surface area contributed by atoms with E-state index < -0.39 is 18.0 Å². The number of nitrogens with one attached hydrogen (secondary N) is 4. The number of amides is 4.